The third-order valence-electron chi connectivity index (χ3n) is 6.68. The standard InChI is InChI=1S/C30H34N8O2/c1-21-14-25(17-31-16-21)30(39)36-26-5-3-4-23(15-26)22(2)35-29-20-32-19-27(37-29)24-6-7-28(34-18-24)33-8-9-38-10-12-40-13-11-38/h3-7,14-20,22H,8-13H2,1-2H3,(H,33,34)(H,35,37)(H,36,39)/t22-/m0/s1. The lowest BCUT2D eigenvalue weighted by Crippen LogP contribution is -2.39. The van der Waals surface area contributed by atoms with E-state index in [9.17, 15) is 4.79 Å². The average molecular weight is 539 g/mol. The van der Waals surface area contributed by atoms with Crippen molar-refractivity contribution < 1.29 is 9.53 Å². The molecule has 1 aliphatic rings. The molecule has 0 radical (unpaired) electrons. The van der Waals surface area contributed by atoms with Gasteiger partial charge in [0, 0.05) is 56.0 Å². The van der Waals surface area contributed by atoms with Crippen molar-refractivity contribution in [3.8, 4) is 11.3 Å². The quantitative estimate of drug-likeness (QED) is 0.270. The maximum absolute atomic E-state index is 12.6. The Labute approximate surface area is 234 Å². The second-order valence-electron chi connectivity index (χ2n) is 9.80. The fraction of sp³-hybridized carbons (Fsp3) is 0.300. The maximum Gasteiger partial charge on any atom is 0.257 e. The van der Waals surface area contributed by atoms with E-state index >= 15 is 0 Å². The summed E-state index contributed by atoms with van der Waals surface area (Å²) in [5.74, 6) is 1.29. The average Bonchev–Trinajstić information content (AvgIpc) is 2.98. The number of anilines is 3. The lowest BCUT2D eigenvalue weighted by molar-refractivity contribution is 0.0398. The number of pyridine rings is 2. The van der Waals surface area contributed by atoms with Gasteiger partial charge in [-0.2, -0.15) is 0 Å². The number of nitrogens with one attached hydrogen (secondary N) is 3. The highest BCUT2D eigenvalue weighted by atomic mass is 16.5. The van der Waals surface area contributed by atoms with E-state index in [1.807, 2.05) is 62.5 Å². The van der Waals surface area contributed by atoms with Crippen molar-refractivity contribution in [2.24, 2.45) is 0 Å². The summed E-state index contributed by atoms with van der Waals surface area (Å²) >= 11 is 0. The molecule has 1 amide bonds. The van der Waals surface area contributed by atoms with Gasteiger partial charge in [-0.05, 0) is 55.3 Å². The van der Waals surface area contributed by atoms with Crippen LogP contribution < -0.4 is 16.0 Å². The molecule has 1 aromatic carbocycles. The Kier molecular flexibility index (Phi) is 8.89. The molecule has 1 saturated heterocycles. The van der Waals surface area contributed by atoms with Crippen LogP contribution in [0, 0.1) is 6.92 Å². The van der Waals surface area contributed by atoms with E-state index in [0.717, 1.165) is 67.6 Å². The first kappa shape index (κ1) is 27.2. The van der Waals surface area contributed by atoms with Crippen molar-refractivity contribution in [3.05, 3.63) is 90.1 Å². The van der Waals surface area contributed by atoms with Gasteiger partial charge in [-0.15, -0.1) is 0 Å². The van der Waals surface area contributed by atoms with Crippen LogP contribution in [0.4, 0.5) is 17.3 Å². The number of nitrogens with zero attached hydrogens (tertiary/aromatic N) is 5. The number of hydrogen-bond donors (Lipinski definition) is 3. The molecule has 1 atom stereocenters. The third kappa shape index (κ3) is 7.37. The van der Waals surface area contributed by atoms with Crippen LogP contribution >= 0.6 is 0 Å². The van der Waals surface area contributed by atoms with Crippen molar-refractivity contribution in [2.45, 2.75) is 19.9 Å². The molecule has 3 aromatic heterocycles. The van der Waals surface area contributed by atoms with Gasteiger partial charge in [0.2, 0.25) is 0 Å². The molecule has 0 bridgehead atoms. The van der Waals surface area contributed by atoms with Gasteiger partial charge in [0.1, 0.15) is 11.6 Å². The molecule has 1 fully saturated rings. The van der Waals surface area contributed by atoms with Crippen molar-refractivity contribution in [3.63, 3.8) is 0 Å². The van der Waals surface area contributed by atoms with Crippen LogP contribution in [0.2, 0.25) is 0 Å². The van der Waals surface area contributed by atoms with Gasteiger partial charge >= 0.3 is 0 Å². The zero-order valence-corrected chi connectivity index (χ0v) is 22.8. The Hall–Kier alpha value is -4.41. The van der Waals surface area contributed by atoms with Gasteiger partial charge in [-0.25, -0.2) is 9.97 Å². The molecule has 0 aliphatic carbocycles. The normalized spacial score (nSPS) is 14.3. The second-order valence-corrected chi connectivity index (χ2v) is 9.80. The van der Waals surface area contributed by atoms with Crippen LogP contribution in [0.1, 0.15) is 34.5 Å². The van der Waals surface area contributed by atoms with Crippen LogP contribution in [0.15, 0.2) is 73.4 Å². The Morgan fingerprint density at radius 2 is 1.85 bits per heavy atom. The number of carbonyl (C=O) groups excluding carboxylic acids is 1. The first-order valence-electron chi connectivity index (χ1n) is 13.5. The summed E-state index contributed by atoms with van der Waals surface area (Å²) in [7, 11) is 0. The lowest BCUT2D eigenvalue weighted by atomic mass is 10.1. The fourth-order valence-electron chi connectivity index (χ4n) is 4.46. The summed E-state index contributed by atoms with van der Waals surface area (Å²) in [5.41, 5.74) is 4.79. The van der Waals surface area contributed by atoms with E-state index < -0.39 is 0 Å². The molecular formula is C30H34N8O2. The minimum absolute atomic E-state index is 0.0711. The highest BCUT2D eigenvalue weighted by Crippen LogP contribution is 2.23. The summed E-state index contributed by atoms with van der Waals surface area (Å²) in [5, 5.41) is 9.75. The molecule has 4 heterocycles. The van der Waals surface area contributed by atoms with Crippen molar-refractivity contribution >= 4 is 23.2 Å². The molecule has 5 rings (SSSR count). The summed E-state index contributed by atoms with van der Waals surface area (Å²) in [6.45, 7) is 9.30. The molecule has 0 spiro atoms. The second kappa shape index (κ2) is 13.1. The summed E-state index contributed by atoms with van der Waals surface area (Å²) < 4.78 is 5.40. The van der Waals surface area contributed by atoms with Crippen LogP contribution in [0.3, 0.4) is 0 Å². The third-order valence-corrected chi connectivity index (χ3v) is 6.68. The highest BCUT2D eigenvalue weighted by Gasteiger charge is 2.12. The van der Waals surface area contributed by atoms with E-state index in [4.69, 9.17) is 9.72 Å². The first-order valence-corrected chi connectivity index (χ1v) is 13.5. The number of aryl methyl sites for hydroxylation is 1. The summed E-state index contributed by atoms with van der Waals surface area (Å²) in [4.78, 5) is 32.8. The van der Waals surface area contributed by atoms with Crippen LogP contribution in [-0.2, 0) is 4.74 Å². The molecule has 10 heteroatoms. The van der Waals surface area contributed by atoms with Crippen molar-refractivity contribution in [1.82, 2.24) is 24.8 Å². The number of morpholine rings is 1. The fourth-order valence-corrected chi connectivity index (χ4v) is 4.46. The van der Waals surface area contributed by atoms with Crippen LogP contribution in [-0.4, -0.2) is 70.1 Å². The Bertz CT molecular complexity index is 1420. The Morgan fingerprint density at radius 3 is 2.65 bits per heavy atom. The number of aromatic nitrogens is 4. The van der Waals surface area contributed by atoms with Crippen LogP contribution in [0.5, 0.6) is 0 Å². The summed E-state index contributed by atoms with van der Waals surface area (Å²) in [6, 6.07) is 13.4. The maximum atomic E-state index is 12.6. The van der Waals surface area contributed by atoms with E-state index in [1.54, 1.807) is 24.8 Å². The topological polar surface area (TPSA) is 117 Å². The first-order chi connectivity index (χ1) is 19.5. The molecule has 0 unspecified atom stereocenters. The molecule has 0 saturated carbocycles. The predicted octanol–water partition coefficient (Wildman–Crippen LogP) is 4.41. The predicted molar refractivity (Wildman–Crippen MR) is 156 cm³/mol. The molecule has 40 heavy (non-hydrogen) atoms. The van der Waals surface area contributed by atoms with Gasteiger partial charge in [0.05, 0.1) is 42.9 Å². The molecule has 3 N–H and O–H groups in total. The minimum atomic E-state index is -0.195. The van der Waals surface area contributed by atoms with Gasteiger partial charge < -0.3 is 20.7 Å². The van der Waals surface area contributed by atoms with E-state index in [2.05, 4.69) is 35.8 Å². The highest BCUT2D eigenvalue weighted by molar-refractivity contribution is 6.04. The number of carbonyl (C=O) groups is 1. The number of amides is 1. The largest absolute Gasteiger partial charge is 0.379 e. The minimum Gasteiger partial charge on any atom is -0.379 e. The monoisotopic (exact) mass is 538 g/mol. The van der Waals surface area contributed by atoms with Crippen LogP contribution in [0.25, 0.3) is 11.3 Å². The smallest absolute Gasteiger partial charge is 0.257 e. The SMILES string of the molecule is Cc1cncc(C(=O)Nc2cccc([C@H](C)Nc3cncc(-c4ccc(NCCN5CCOCC5)nc4)n3)c2)c1. The number of hydrogen-bond acceptors (Lipinski definition) is 9. The van der Waals surface area contributed by atoms with E-state index in [-0.39, 0.29) is 11.9 Å². The zero-order chi connectivity index (χ0) is 27.7. The molecular weight excluding hydrogens is 504 g/mol. The lowest BCUT2D eigenvalue weighted by Gasteiger charge is -2.26. The van der Waals surface area contributed by atoms with E-state index in [0.29, 0.717) is 17.1 Å². The van der Waals surface area contributed by atoms with Crippen molar-refractivity contribution in [1.29, 1.82) is 0 Å². The molecule has 1 aliphatic heterocycles. The van der Waals surface area contributed by atoms with Gasteiger partial charge in [0.25, 0.3) is 5.91 Å². The molecule has 10 nitrogen and oxygen atoms in total. The van der Waals surface area contributed by atoms with Gasteiger partial charge in [0.15, 0.2) is 0 Å². The zero-order valence-electron chi connectivity index (χ0n) is 22.8. The summed E-state index contributed by atoms with van der Waals surface area (Å²) in [6.07, 6.45) is 8.53. The van der Waals surface area contributed by atoms with Gasteiger partial charge in [-0.3, -0.25) is 19.7 Å². The number of benzene rings is 1. The van der Waals surface area contributed by atoms with E-state index in [1.165, 1.54) is 0 Å². The molecule has 4 aromatic rings. The Morgan fingerprint density at radius 1 is 1.00 bits per heavy atom. The Balaban J connectivity index is 1.18. The number of rotatable bonds is 10. The van der Waals surface area contributed by atoms with Gasteiger partial charge in [-0.1, -0.05) is 12.1 Å². The number of ether oxygens (including phenoxy) is 1. The molecule has 206 valence electrons. The van der Waals surface area contributed by atoms with Crippen molar-refractivity contribution in [2.75, 3.05) is 55.3 Å².